The Labute approximate surface area is 220 Å². The minimum absolute atomic E-state index is 0.0136. The first-order chi connectivity index (χ1) is 17.1. The molecule has 3 rings (SSSR count). The summed E-state index contributed by atoms with van der Waals surface area (Å²) in [6.07, 6.45) is 1.07. The SMILES string of the molecule is CC(C)(C)c1ccc(C(=O)c2cccc(NC(=O)CN(c3ccc(C(C)(C)C)cc3)S(C)(=O)=O)c2)cc1. The molecule has 0 aliphatic carbocycles. The van der Waals surface area contributed by atoms with Crippen LogP contribution in [0.3, 0.4) is 0 Å². The largest absolute Gasteiger partial charge is 0.324 e. The predicted molar refractivity (Wildman–Crippen MR) is 151 cm³/mol. The van der Waals surface area contributed by atoms with E-state index in [1.165, 1.54) is 0 Å². The third-order valence-corrected chi connectivity index (χ3v) is 7.27. The molecule has 7 heteroatoms. The highest BCUT2D eigenvalue weighted by Gasteiger charge is 2.22. The number of sulfonamides is 1. The Morgan fingerprint density at radius 2 is 1.27 bits per heavy atom. The second-order valence-electron chi connectivity index (χ2n) is 11.4. The average Bonchev–Trinajstić information content (AvgIpc) is 2.80. The number of hydrogen-bond donors (Lipinski definition) is 1. The fourth-order valence-electron chi connectivity index (χ4n) is 3.89. The third kappa shape index (κ3) is 7.29. The van der Waals surface area contributed by atoms with Gasteiger partial charge in [0, 0.05) is 16.8 Å². The van der Waals surface area contributed by atoms with Crippen molar-refractivity contribution in [1.29, 1.82) is 0 Å². The summed E-state index contributed by atoms with van der Waals surface area (Å²) >= 11 is 0. The van der Waals surface area contributed by atoms with Crippen LogP contribution in [0.1, 0.15) is 68.6 Å². The smallest absolute Gasteiger partial charge is 0.245 e. The molecular formula is C30H36N2O4S. The van der Waals surface area contributed by atoms with Crippen molar-refractivity contribution < 1.29 is 18.0 Å². The first-order valence-electron chi connectivity index (χ1n) is 12.2. The molecule has 6 nitrogen and oxygen atoms in total. The lowest BCUT2D eigenvalue weighted by molar-refractivity contribution is -0.114. The number of nitrogens with one attached hydrogen (secondary N) is 1. The zero-order valence-corrected chi connectivity index (χ0v) is 23.4. The van der Waals surface area contributed by atoms with E-state index < -0.39 is 15.9 Å². The van der Waals surface area contributed by atoms with Crippen molar-refractivity contribution >= 4 is 33.1 Å². The van der Waals surface area contributed by atoms with Crippen molar-refractivity contribution in [1.82, 2.24) is 0 Å². The fraction of sp³-hybridized carbons (Fsp3) is 0.333. The maximum absolute atomic E-state index is 13.0. The second kappa shape index (κ2) is 10.5. The Bertz CT molecular complexity index is 1380. The molecule has 3 aromatic carbocycles. The van der Waals surface area contributed by atoms with Gasteiger partial charge in [0.2, 0.25) is 15.9 Å². The molecule has 37 heavy (non-hydrogen) atoms. The van der Waals surface area contributed by atoms with Crippen molar-refractivity contribution in [3.8, 4) is 0 Å². The van der Waals surface area contributed by atoms with E-state index in [9.17, 15) is 18.0 Å². The van der Waals surface area contributed by atoms with Crippen molar-refractivity contribution in [2.75, 3.05) is 22.4 Å². The Balaban J connectivity index is 1.76. The van der Waals surface area contributed by atoms with Crippen LogP contribution in [0, 0.1) is 0 Å². The van der Waals surface area contributed by atoms with Gasteiger partial charge in [-0.3, -0.25) is 13.9 Å². The van der Waals surface area contributed by atoms with E-state index in [-0.39, 0.29) is 23.2 Å². The summed E-state index contributed by atoms with van der Waals surface area (Å²) < 4.78 is 26.0. The average molecular weight is 521 g/mol. The Hall–Kier alpha value is -3.45. The Kier molecular flexibility index (Phi) is 7.98. The molecule has 0 spiro atoms. The lowest BCUT2D eigenvalue weighted by Gasteiger charge is -2.24. The Morgan fingerprint density at radius 3 is 1.76 bits per heavy atom. The molecule has 0 aliphatic rings. The zero-order chi connectivity index (χ0) is 27.6. The van der Waals surface area contributed by atoms with Crippen molar-refractivity contribution in [2.24, 2.45) is 0 Å². The van der Waals surface area contributed by atoms with E-state index in [1.54, 1.807) is 36.4 Å². The molecule has 1 N–H and O–H groups in total. The summed E-state index contributed by atoms with van der Waals surface area (Å²) in [4.78, 5) is 25.9. The van der Waals surface area contributed by atoms with Gasteiger partial charge in [-0.2, -0.15) is 0 Å². The van der Waals surface area contributed by atoms with E-state index >= 15 is 0 Å². The van der Waals surface area contributed by atoms with Crippen molar-refractivity contribution in [3.05, 3.63) is 95.1 Å². The van der Waals surface area contributed by atoms with Gasteiger partial charge in [0.15, 0.2) is 5.78 Å². The number of nitrogens with zero attached hydrogens (tertiary/aromatic N) is 1. The topological polar surface area (TPSA) is 83.6 Å². The van der Waals surface area contributed by atoms with E-state index in [4.69, 9.17) is 0 Å². The number of anilines is 2. The summed E-state index contributed by atoms with van der Waals surface area (Å²) in [5.74, 6) is -0.669. The van der Waals surface area contributed by atoms with Gasteiger partial charge in [0.05, 0.1) is 11.9 Å². The highest BCUT2D eigenvalue weighted by molar-refractivity contribution is 7.92. The summed E-state index contributed by atoms with van der Waals surface area (Å²) in [5, 5.41) is 2.73. The molecule has 0 fully saturated rings. The Morgan fingerprint density at radius 1 is 0.757 bits per heavy atom. The number of ketones is 1. The van der Waals surface area contributed by atoms with Gasteiger partial charge in [0.1, 0.15) is 6.54 Å². The molecule has 0 aromatic heterocycles. The van der Waals surface area contributed by atoms with Crippen LogP contribution in [-0.4, -0.2) is 32.9 Å². The van der Waals surface area contributed by atoms with Gasteiger partial charge in [-0.25, -0.2) is 8.42 Å². The van der Waals surface area contributed by atoms with E-state index in [0.29, 0.717) is 22.5 Å². The minimum atomic E-state index is -3.71. The number of amides is 1. The summed E-state index contributed by atoms with van der Waals surface area (Å²) in [6.45, 7) is 12.2. The van der Waals surface area contributed by atoms with Gasteiger partial charge in [0.25, 0.3) is 0 Å². The molecule has 3 aromatic rings. The standard InChI is InChI=1S/C30H36N2O4S/c1-29(2,3)23-13-11-21(12-14-23)28(34)22-9-8-10-25(19-22)31-27(33)20-32(37(7,35)36)26-17-15-24(16-18-26)30(4,5)6/h8-19H,20H2,1-7H3,(H,31,33). The lowest BCUT2D eigenvalue weighted by atomic mass is 9.86. The third-order valence-electron chi connectivity index (χ3n) is 6.13. The quantitative estimate of drug-likeness (QED) is 0.392. The van der Waals surface area contributed by atoms with E-state index in [0.717, 1.165) is 21.7 Å². The van der Waals surface area contributed by atoms with E-state index in [1.807, 2.05) is 36.4 Å². The highest BCUT2D eigenvalue weighted by Crippen LogP contribution is 2.26. The molecule has 0 saturated heterocycles. The summed E-state index contributed by atoms with van der Waals surface area (Å²) in [7, 11) is -3.71. The van der Waals surface area contributed by atoms with Crippen LogP contribution in [0.5, 0.6) is 0 Å². The summed E-state index contributed by atoms with van der Waals surface area (Å²) in [6, 6.07) is 21.3. The van der Waals surface area contributed by atoms with Gasteiger partial charge in [-0.15, -0.1) is 0 Å². The predicted octanol–water partition coefficient (Wildman–Crippen LogP) is 5.92. The normalized spacial score (nSPS) is 12.2. The van der Waals surface area contributed by atoms with Crippen LogP contribution < -0.4 is 9.62 Å². The van der Waals surface area contributed by atoms with Crippen LogP contribution in [0.25, 0.3) is 0 Å². The van der Waals surface area contributed by atoms with Crippen LogP contribution in [-0.2, 0) is 25.6 Å². The number of carbonyl (C=O) groups is 2. The number of carbonyl (C=O) groups excluding carboxylic acids is 2. The molecule has 196 valence electrons. The molecular weight excluding hydrogens is 484 g/mol. The van der Waals surface area contributed by atoms with Crippen molar-refractivity contribution in [3.63, 3.8) is 0 Å². The van der Waals surface area contributed by atoms with Gasteiger partial charge in [-0.1, -0.05) is 90.1 Å². The molecule has 0 unspecified atom stereocenters. The zero-order valence-electron chi connectivity index (χ0n) is 22.6. The molecule has 1 amide bonds. The number of rotatable bonds is 7. The van der Waals surface area contributed by atoms with Crippen molar-refractivity contribution in [2.45, 2.75) is 52.4 Å². The molecule has 0 heterocycles. The first-order valence-corrected chi connectivity index (χ1v) is 14.0. The molecule has 0 radical (unpaired) electrons. The second-order valence-corrected chi connectivity index (χ2v) is 13.3. The van der Waals surface area contributed by atoms with Crippen LogP contribution in [0.2, 0.25) is 0 Å². The molecule has 0 aliphatic heterocycles. The molecule has 0 saturated carbocycles. The maximum atomic E-state index is 13.0. The minimum Gasteiger partial charge on any atom is -0.324 e. The molecule has 0 bridgehead atoms. The van der Waals surface area contributed by atoms with Gasteiger partial charge >= 0.3 is 0 Å². The molecule has 0 atom stereocenters. The van der Waals surface area contributed by atoms with Crippen LogP contribution >= 0.6 is 0 Å². The summed E-state index contributed by atoms with van der Waals surface area (Å²) in [5.41, 5.74) is 3.91. The van der Waals surface area contributed by atoms with Gasteiger partial charge in [-0.05, 0) is 46.2 Å². The first kappa shape index (κ1) is 28.1. The number of benzene rings is 3. The number of hydrogen-bond acceptors (Lipinski definition) is 4. The lowest BCUT2D eigenvalue weighted by Crippen LogP contribution is -2.37. The monoisotopic (exact) mass is 520 g/mol. The maximum Gasteiger partial charge on any atom is 0.245 e. The van der Waals surface area contributed by atoms with E-state index in [2.05, 4.69) is 46.9 Å². The van der Waals surface area contributed by atoms with Crippen LogP contribution in [0.15, 0.2) is 72.8 Å². The van der Waals surface area contributed by atoms with Crippen LogP contribution in [0.4, 0.5) is 11.4 Å². The van der Waals surface area contributed by atoms with Gasteiger partial charge < -0.3 is 5.32 Å². The highest BCUT2D eigenvalue weighted by atomic mass is 32.2. The fourth-order valence-corrected chi connectivity index (χ4v) is 4.74.